The number of piperidine rings is 1. The number of fused-ring (bicyclic) bond motifs is 1. The average Bonchev–Trinajstić information content (AvgIpc) is 3.41. The van der Waals surface area contributed by atoms with Gasteiger partial charge in [-0.25, -0.2) is 4.79 Å². The molecule has 1 saturated carbocycles. The van der Waals surface area contributed by atoms with Crippen LogP contribution in [0.3, 0.4) is 0 Å². The number of thiocarbonyl (C=S) groups is 1. The molecular weight excluding hydrogens is 663 g/mol. The van der Waals surface area contributed by atoms with E-state index in [2.05, 4.69) is 36.3 Å². The summed E-state index contributed by atoms with van der Waals surface area (Å²) in [6.07, 6.45) is -0.434. The summed E-state index contributed by atoms with van der Waals surface area (Å²) in [7, 11) is 0. The van der Waals surface area contributed by atoms with Crippen LogP contribution in [-0.2, 0) is 30.9 Å². The fourth-order valence-corrected chi connectivity index (χ4v) is 6.93. The minimum atomic E-state index is -0.785. The van der Waals surface area contributed by atoms with E-state index in [4.69, 9.17) is 31.2 Å². The number of aryl methyl sites for hydroxylation is 1. The van der Waals surface area contributed by atoms with Crippen molar-refractivity contribution in [2.24, 2.45) is 11.8 Å². The smallest absolute Gasteiger partial charge is 0.347 e. The third-order valence-corrected chi connectivity index (χ3v) is 9.83. The lowest BCUT2D eigenvalue weighted by atomic mass is 9.87. The first-order valence-electron chi connectivity index (χ1n) is 17.9. The van der Waals surface area contributed by atoms with Crippen molar-refractivity contribution < 1.29 is 28.5 Å². The summed E-state index contributed by atoms with van der Waals surface area (Å²) in [5.41, 5.74) is 2.85. The number of nitrogens with zero attached hydrogens (tertiary/aromatic N) is 1. The highest BCUT2D eigenvalue weighted by Crippen LogP contribution is 2.56. The van der Waals surface area contributed by atoms with Crippen molar-refractivity contribution in [2.45, 2.75) is 84.5 Å². The number of likely N-dealkylation sites (tertiary alicyclic amines) is 1. The van der Waals surface area contributed by atoms with Crippen LogP contribution in [0.25, 0.3) is 0 Å². The van der Waals surface area contributed by atoms with Gasteiger partial charge in [0.05, 0.1) is 6.61 Å². The minimum Gasteiger partial charge on any atom is -0.492 e. The predicted molar refractivity (Wildman–Crippen MR) is 204 cm³/mol. The van der Waals surface area contributed by atoms with Gasteiger partial charge in [-0.1, -0.05) is 63.2 Å². The molecule has 0 radical (unpaired) electrons. The molecule has 4 atom stereocenters. The van der Waals surface area contributed by atoms with E-state index < -0.39 is 23.2 Å². The van der Waals surface area contributed by atoms with Gasteiger partial charge in [-0.3, -0.25) is 10.1 Å². The number of hydrogen-bond donors (Lipinski definition) is 2. The van der Waals surface area contributed by atoms with Crippen molar-refractivity contribution in [1.82, 2.24) is 10.2 Å². The normalized spacial score (nSPS) is 20.2. The number of nitrogens with one attached hydrogen (secondary N) is 2. The molecule has 9 nitrogen and oxygen atoms in total. The Labute approximate surface area is 308 Å². The summed E-state index contributed by atoms with van der Waals surface area (Å²) < 4.78 is 23.4. The number of carbonyl (C=O) groups excluding carboxylic acids is 2. The summed E-state index contributed by atoms with van der Waals surface area (Å²) in [5, 5.41) is 7.56. The maximum atomic E-state index is 13.6. The molecule has 1 aliphatic carbocycles. The summed E-state index contributed by atoms with van der Waals surface area (Å²) in [6.45, 7) is 18.4. The SMILES string of the molecule is CCOC(=O)[C@H](Cc1ccc(OCCNC2(C(=O)OC(C)(C)C)C3CN(C(=S)Nc4ccccc4C)C[C@H]32)cc1)Oc1ccc(C(C)(C)C)cc1. The Balaban J connectivity index is 1.15. The molecule has 274 valence electrons. The summed E-state index contributed by atoms with van der Waals surface area (Å²) in [5.74, 6) is 0.832. The molecule has 0 amide bonds. The van der Waals surface area contributed by atoms with E-state index in [1.165, 1.54) is 5.56 Å². The lowest BCUT2D eigenvalue weighted by Crippen LogP contribution is -2.52. The Morgan fingerprint density at radius 1 is 0.922 bits per heavy atom. The number of rotatable bonds is 13. The number of esters is 2. The van der Waals surface area contributed by atoms with E-state index in [-0.39, 0.29) is 29.8 Å². The molecule has 2 aliphatic rings. The second-order valence-electron chi connectivity index (χ2n) is 15.5. The van der Waals surface area contributed by atoms with Crippen LogP contribution in [0.2, 0.25) is 0 Å². The van der Waals surface area contributed by atoms with Crippen molar-refractivity contribution in [3.63, 3.8) is 0 Å². The van der Waals surface area contributed by atoms with E-state index in [1.807, 2.05) is 100 Å². The van der Waals surface area contributed by atoms with Crippen LogP contribution >= 0.6 is 12.2 Å². The molecule has 2 N–H and O–H groups in total. The minimum absolute atomic E-state index is 0.0198. The van der Waals surface area contributed by atoms with E-state index in [0.717, 1.165) is 16.8 Å². The van der Waals surface area contributed by atoms with Crippen LogP contribution < -0.4 is 20.1 Å². The largest absolute Gasteiger partial charge is 0.492 e. The van der Waals surface area contributed by atoms with Crippen molar-refractivity contribution in [1.29, 1.82) is 0 Å². The van der Waals surface area contributed by atoms with E-state index in [1.54, 1.807) is 6.92 Å². The van der Waals surface area contributed by atoms with Crippen LogP contribution in [0, 0.1) is 18.8 Å². The number of para-hydroxylation sites is 1. The number of anilines is 1. The summed E-state index contributed by atoms with van der Waals surface area (Å²) in [6, 6.07) is 23.5. The van der Waals surface area contributed by atoms with Gasteiger partial charge in [-0.15, -0.1) is 0 Å². The molecule has 0 spiro atoms. The van der Waals surface area contributed by atoms with Gasteiger partial charge in [0.15, 0.2) is 11.2 Å². The zero-order chi connectivity index (χ0) is 37.0. The molecule has 2 unspecified atom stereocenters. The Kier molecular flexibility index (Phi) is 11.7. The quantitative estimate of drug-likeness (QED) is 0.111. The lowest BCUT2D eigenvalue weighted by Gasteiger charge is -2.31. The molecule has 1 saturated heterocycles. The van der Waals surface area contributed by atoms with E-state index in [9.17, 15) is 9.59 Å². The fraction of sp³-hybridized carbons (Fsp3) is 0.488. The zero-order valence-electron chi connectivity index (χ0n) is 31.2. The Morgan fingerprint density at radius 2 is 1.55 bits per heavy atom. The maximum Gasteiger partial charge on any atom is 0.347 e. The van der Waals surface area contributed by atoms with Crippen molar-refractivity contribution >= 4 is 35.0 Å². The van der Waals surface area contributed by atoms with Crippen LogP contribution in [0.5, 0.6) is 11.5 Å². The highest BCUT2D eigenvalue weighted by molar-refractivity contribution is 7.80. The molecule has 51 heavy (non-hydrogen) atoms. The molecule has 1 aliphatic heterocycles. The third-order valence-electron chi connectivity index (χ3n) is 9.47. The monoisotopic (exact) mass is 715 g/mol. The van der Waals surface area contributed by atoms with Gasteiger partial charge in [0.2, 0.25) is 0 Å². The van der Waals surface area contributed by atoms with Gasteiger partial charge in [0.1, 0.15) is 29.2 Å². The average molecular weight is 716 g/mol. The van der Waals surface area contributed by atoms with E-state index >= 15 is 0 Å². The highest BCUT2D eigenvalue weighted by Gasteiger charge is 2.74. The topological polar surface area (TPSA) is 98.4 Å². The van der Waals surface area contributed by atoms with Gasteiger partial charge in [-0.2, -0.15) is 0 Å². The van der Waals surface area contributed by atoms with Crippen LogP contribution in [0.15, 0.2) is 72.8 Å². The first-order valence-corrected chi connectivity index (χ1v) is 18.3. The number of hydrogen-bond acceptors (Lipinski definition) is 8. The van der Waals surface area contributed by atoms with Crippen LogP contribution in [-0.4, -0.2) is 72.0 Å². The Morgan fingerprint density at radius 3 is 2.14 bits per heavy atom. The Hall–Kier alpha value is -4.15. The highest BCUT2D eigenvalue weighted by atomic mass is 32.1. The molecule has 2 fully saturated rings. The second-order valence-corrected chi connectivity index (χ2v) is 15.9. The lowest BCUT2D eigenvalue weighted by molar-refractivity contribution is -0.160. The zero-order valence-corrected chi connectivity index (χ0v) is 32.0. The molecular formula is C41H53N3O6S. The van der Waals surface area contributed by atoms with E-state index in [0.29, 0.717) is 49.3 Å². The van der Waals surface area contributed by atoms with Crippen LogP contribution in [0.4, 0.5) is 5.69 Å². The summed E-state index contributed by atoms with van der Waals surface area (Å²) in [4.78, 5) is 28.5. The third kappa shape index (κ3) is 9.40. The molecule has 5 rings (SSSR count). The van der Waals surface area contributed by atoms with Gasteiger partial charge in [-0.05, 0) is 99.3 Å². The standard InChI is InChI=1S/C41H53N3O6S/c1-9-47-36(45)35(49-31-20-16-29(17-21-31)39(3,4)5)24-28-14-18-30(19-15-28)48-23-22-42-41(37(46)50-40(6,7)8)32-25-44(26-33(32)41)38(51)43-34-13-11-10-12-27(34)2/h10-21,32-33,35,42H,9,22-26H2,1-8H3,(H,43,51)/t32-,33?,35+,41?/m1/s1. The first kappa shape index (κ1) is 38.1. The van der Waals surface area contributed by atoms with Gasteiger partial charge in [0, 0.05) is 43.6 Å². The molecule has 3 aromatic carbocycles. The maximum absolute atomic E-state index is 13.6. The fourth-order valence-electron chi connectivity index (χ4n) is 6.67. The number of carbonyl (C=O) groups is 2. The number of benzene rings is 3. The molecule has 3 aromatic rings. The predicted octanol–water partition coefficient (Wildman–Crippen LogP) is 6.85. The first-order chi connectivity index (χ1) is 24.1. The number of ether oxygens (including phenoxy) is 4. The Bertz CT molecular complexity index is 1670. The van der Waals surface area contributed by atoms with Crippen molar-refractivity contribution in [3.05, 3.63) is 89.5 Å². The van der Waals surface area contributed by atoms with Crippen molar-refractivity contribution in [3.8, 4) is 11.5 Å². The van der Waals surface area contributed by atoms with Gasteiger partial charge < -0.3 is 29.2 Å². The van der Waals surface area contributed by atoms with Gasteiger partial charge >= 0.3 is 11.9 Å². The van der Waals surface area contributed by atoms with Crippen LogP contribution in [0.1, 0.15) is 65.2 Å². The van der Waals surface area contributed by atoms with Crippen molar-refractivity contribution in [2.75, 3.05) is 38.2 Å². The molecule has 0 bridgehead atoms. The molecule has 1 heterocycles. The molecule has 0 aromatic heterocycles. The van der Waals surface area contributed by atoms with Gasteiger partial charge in [0.25, 0.3) is 0 Å². The molecule has 10 heteroatoms. The second kappa shape index (κ2) is 15.6. The summed E-state index contributed by atoms with van der Waals surface area (Å²) >= 11 is 5.75.